The Morgan fingerprint density at radius 2 is 1.24 bits per heavy atom. The first kappa shape index (κ1) is 21.5. The first-order chi connectivity index (χ1) is 11.9. The topological polar surface area (TPSA) is 37.3 Å². The van der Waals surface area contributed by atoms with Crippen LogP contribution in [-0.2, 0) is 11.2 Å². The molecule has 0 aliphatic heterocycles. The van der Waals surface area contributed by atoms with Gasteiger partial charge in [0.15, 0.2) is 0 Å². The number of carboxylic acid groups (broad SMARTS) is 1. The number of aryl methyl sites for hydroxylation is 1. The van der Waals surface area contributed by atoms with Crippen LogP contribution in [-0.4, -0.2) is 17.0 Å². The minimum Gasteiger partial charge on any atom is -0.477 e. The molecule has 0 bridgehead atoms. The Morgan fingerprint density at radius 3 is 1.72 bits per heavy atom. The number of carboxylic acids is 1. The van der Waals surface area contributed by atoms with Crippen molar-refractivity contribution in [2.75, 3.05) is 0 Å². The van der Waals surface area contributed by atoms with E-state index in [-0.39, 0.29) is 12.2 Å². The molecule has 0 spiro atoms. The Hall–Kier alpha value is -1.52. The number of alkyl halides is 2. The van der Waals surface area contributed by atoms with E-state index >= 15 is 0 Å². The zero-order valence-electron chi connectivity index (χ0n) is 14.8. The van der Waals surface area contributed by atoms with Gasteiger partial charge in [-0.1, -0.05) is 63.5 Å². The van der Waals surface area contributed by atoms with E-state index in [2.05, 4.69) is 0 Å². The summed E-state index contributed by atoms with van der Waals surface area (Å²) in [5, 5.41) is 8.31. The predicted molar refractivity (Wildman–Crippen MR) is 93.5 cm³/mol. The Bertz CT molecular complexity index is 486. The SMILES string of the molecule is O=C(O)C(F)(F)CCCCCCCCCCCCc1ccc(F)cc1. The Morgan fingerprint density at radius 1 is 0.800 bits per heavy atom. The summed E-state index contributed by atoms with van der Waals surface area (Å²) in [5.74, 6) is -5.79. The van der Waals surface area contributed by atoms with Gasteiger partial charge in [0, 0.05) is 6.42 Å². The maximum absolute atomic E-state index is 12.8. The van der Waals surface area contributed by atoms with Crippen molar-refractivity contribution in [2.45, 2.75) is 83.0 Å². The molecule has 0 aliphatic rings. The van der Waals surface area contributed by atoms with Gasteiger partial charge in [-0.25, -0.2) is 9.18 Å². The van der Waals surface area contributed by atoms with Crippen LogP contribution in [0, 0.1) is 5.82 Å². The molecule has 0 aromatic heterocycles. The third-order valence-electron chi connectivity index (χ3n) is 4.43. The lowest BCUT2D eigenvalue weighted by Gasteiger charge is -2.10. The average Bonchev–Trinajstić information content (AvgIpc) is 2.57. The molecule has 0 atom stereocenters. The van der Waals surface area contributed by atoms with Crippen molar-refractivity contribution in [1.82, 2.24) is 0 Å². The monoisotopic (exact) mass is 358 g/mol. The summed E-state index contributed by atoms with van der Waals surface area (Å²) in [7, 11) is 0. The van der Waals surface area contributed by atoms with Crippen LogP contribution in [0.4, 0.5) is 13.2 Å². The van der Waals surface area contributed by atoms with Crippen LogP contribution in [0.2, 0.25) is 0 Å². The summed E-state index contributed by atoms with van der Waals surface area (Å²) in [4.78, 5) is 10.3. The molecule has 0 fully saturated rings. The van der Waals surface area contributed by atoms with Gasteiger partial charge in [0.1, 0.15) is 5.82 Å². The van der Waals surface area contributed by atoms with E-state index in [9.17, 15) is 18.0 Å². The minimum absolute atomic E-state index is 0.195. The summed E-state index contributed by atoms with van der Waals surface area (Å²) in [6.45, 7) is 0. The fourth-order valence-corrected chi connectivity index (χ4v) is 2.85. The third kappa shape index (κ3) is 10.1. The van der Waals surface area contributed by atoms with Crippen molar-refractivity contribution in [3.8, 4) is 0 Å². The van der Waals surface area contributed by atoms with Crippen LogP contribution < -0.4 is 0 Å². The van der Waals surface area contributed by atoms with Crippen molar-refractivity contribution in [1.29, 1.82) is 0 Å². The highest BCUT2D eigenvalue weighted by Gasteiger charge is 2.37. The van der Waals surface area contributed by atoms with Crippen LogP contribution in [0.25, 0.3) is 0 Å². The van der Waals surface area contributed by atoms with Gasteiger partial charge >= 0.3 is 11.9 Å². The lowest BCUT2D eigenvalue weighted by atomic mass is 10.0. The molecule has 1 aromatic carbocycles. The largest absolute Gasteiger partial charge is 0.477 e. The van der Waals surface area contributed by atoms with E-state index in [4.69, 9.17) is 5.11 Å². The van der Waals surface area contributed by atoms with Crippen molar-refractivity contribution in [3.05, 3.63) is 35.6 Å². The molecule has 0 radical (unpaired) electrons. The number of halogens is 3. The first-order valence-electron chi connectivity index (χ1n) is 9.27. The first-order valence-corrected chi connectivity index (χ1v) is 9.27. The van der Waals surface area contributed by atoms with Gasteiger partial charge in [0.2, 0.25) is 0 Å². The van der Waals surface area contributed by atoms with Crippen molar-refractivity contribution >= 4 is 5.97 Å². The Kier molecular flexibility index (Phi) is 10.3. The average molecular weight is 358 g/mol. The van der Waals surface area contributed by atoms with Crippen molar-refractivity contribution < 1.29 is 23.1 Å². The molecule has 1 aromatic rings. The number of hydrogen-bond acceptors (Lipinski definition) is 1. The molecule has 142 valence electrons. The second-order valence-corrected chi connectivity index (χ2v) is 6.67. The molecular formula is C20H29F3O2. The van der Waals surface area contributed by atoms with E-state index in [1.807, 2.05) is 12.1 Å². The smallest absolute Gasteiger partial charge is 0.374 e. The highest BCUT2D eigenvalue weighted by molar-refractivity contribution is 5.75. The zero-order valence-corrected chi connectivity index (χ0v) is 14.8. The normalized spacial score (nSPS) is 11.6. The maximum atomic E-state index is 12.8. The lowest BCUT2D eigenvalue weighted by molar-refractivity contribution is -0.165. The van der Waals surface area contributed by atoms with E-state index in [1.165, 1.54) is 37.0 Å². The molecule has 5 heteroatoms. The van der Waals surface area contributed by atoms with Crippen molar-refractivity contribution in [2.24, 2.45) is 0 Å². The minimum atomic E-state index is -3.58. The molecule has 0 saturated heterocycles. The van der Waals surface area contributed by atoms with Crippen LogP contribution in [0.5, 0.6) is 0 Å². The number of rotatable bonds is 14. The summed E-state index contributed by atoms with van der Waals surface area (Å²) in [5.41, 5.74) is 1.18. The van der Waals surface area contributed by atoms with Crippen LogP contribution >= 0.6 is 0 Å². The van der Waals surface area contributed by atoms with Gasteiger partial charge < -0.3 is 5.11 Å². The van der Waals surface area contributed by atoms with Gasteiger partial charge in [0.05, 0.1) is 0 Å². The lowest BCUT2D eigenvalue weighted by Crippen LogP contribution is -2.27. The van der Waals surface area contributed by atoms with Crippen LogP contribution in [0.1, 0.15) is 76.2 Å². The molecule has 0 aliphatic carbocycles. The van der Waals surface area contributed by atoms with Crippen LogP contribution in [0.3, 0.4) is 0 Å². The molecule has 0 saturated carbocycles. The second kappa shape index (κ2) is 11.9. The zero-order chi connectivity index (χ0) is 18.5. The molecule has 25 heavy (non-hydrogen) atoms. The molecule has 0 amide bonds. The van der Waals surface area contributed by atoms with Gasteiger partial charge in [-0.2, -0.15) is 8.78 Å². The second-order valence-electron chi connectivity index (χ2n) is 6.67. The third-order valence-corrected chi connectivity index (χ3v) is 4.43. The Balaban J connectivity index is 1.86. The molecule has 1 N–H and O–H groups in total. The standard InChI is InChI=1S/C20H29F3O2/c21-18-14-12-17(13-15-18)11-9-7-5-3-1-2-4-6-8-10-16-20(22,23)19(24)25/h12-15H,1-11,16H2,(H,24,25). The fourth-order valence-electron chi connectivity index (χ4n) is 2.85. The number of carbonyl (C=O) groups is 1. The number of aliphatic carboxylic acids is 1. The van der Waals surface area contributed by atoms with Gasteiger partial charge in [-0.3, -0.25) is 0 Å². The highest BCUT2D eigenvalue weighted by Crippen LogP contribution is 2.22. The highest BCUT2D eigenvalue weighted by atomic mass is 19.3. The molecule has 2 nitrogen and oxygen atoms in total. The van der Waals surface area contributed by atoms with Crippen molar-refractivity contribution in [3.63, 3.8) is 0 Å². The van der Waals surface area contributed by atoms with Crippen LogP contribution in [0.15, 0.2) is 24.3 Å². The number of unbranched alkanes of at least 4 members (excludes halogenated alkanes) is 9. The van der Waals surface area contributed by atoms with Gasteiger partial charge in [0.25, 0.3) is 0 Å². The molecule has 1 rings (SSSR count). The van der Waals surface area contributed by atoms with E-state index in [0.717, 1.165) is 38.5 Å². The molecule has 0 heterocycles. The summed E-state index contributed by atoms with van der Waals surface area (Å²) < 4.78 is 38.4. The predicted octanol–water partition coefficient (Wildman–Crippen LogP) is 6.38. The molecule has 0 unspecified atom stereocenters. The summed E-state index contributed by atoms with van der Waals surface area (Å²) in [6.07, 6.45) is 10.2. The maximum Gasteiger partial charge on any atom is 0.374 e. The van der Waals surface area contributed by atoms with E-state index in [1.54, 1.807) is 0 Å². The van der Waals surface area contributed by atoms with Gasteiger partial charge in [-0.05, 0) is 37.0 Å². The fraction of sp³-hybridized carbons (Fsp3) is 0.650. The van der Waals surface area contributed by atoms with Gasteiger partial charge in [-0.15, -0.1) is 0 Å². The summed E-state index contributed by atoms with van der Waals surface area (Å²) in [6, 6.07) is 6.67. The molecular weight excluding hydrogens is 329 g/mol. The quantitative estimate of drug-likeness (QED) is 0.392. The number of benzene rings is 1. The van der Waals surface area contributed by atoms with E-state index in [0.29, 0.717) is 6.42 Å². The Labute approximate surface area is 148 Å². The number of hydrogen-bond donors (Lipinski definition) is 1. The van der Waals surface area contributed by atoms with E-state index < -0.39 is 18.3 Å². The summed E-state index contributed by atoms with van der Waals surface area (Å²) >= 11 is 0.